The average Bonchev–Trinajstić information content (AvgIpc) is 3.04. The third-order valence-electron chi connectivity index (χ3n) is 3.69. The monoisotopic (exact) mass is 284 g/mol. The van der Waals surface area contributed by atoms with Gasteiger partial charge in [0.25, 0.3) is 0 Å². The Balaban J connectivity index is 2.02. The van der Waals surface area contributed by atoms with Gasteiger partial charge in [-0.1, -0.05) is 0 Å². The zero-order valence-corrected chi connectivity index (χ0v) is 12.2. The highest BCUT2D eigenvalue weighted by molar-refractivity contribution is 5.93. The molecule has 2 aromatic heterocycles. The van der Waals surface area contributed by atoms with Crippen molar-refractivity contribution in [2.24, 2.45) is 7.05 Å². The number of aromatic nitrogens is 4. The van der Waals surface area contributed by atoms with Crippen molar-refractivity contribution in [3.05, 3.63) is 47.8 Å². The number of ether oxygens (including phenoxy) is 1. The van der Waals surface area contributed by atoms with Crippen LogP contribution in [0.1, 0.15) is 21.9 Å². The van der Waals surface area contributed by atoms with Gasteiger partial charge in [0.05, 0.1) is 48.5 Å². The predicted octanol–water partition coefficient (Wildman–Crippen LogP) is 1.91. The van der Waals surface area contributed by atoms with E-state index in [0.717, 1.165) is 22.6 Å². The molecule has 0 amide bonds. The largest absolute Gasteiger partial charge is 0.465 e. The van der Waals surface area contributed by atoms with Crippen molar-refractivity contribution in [1.82, 2.24) is 19.1 Å². The van der Waals surface area contributed by atoms with Gasteiger partial charge in [0.1, 0.15) is 5.82 Å². The number of fused-ring (bicyclic) bond motifs is 1. The highest BCUT2D eigenvalue weighted by atomic mass is 16.5. The molecule has 108 valence electrons. The summed E-state index contributed by atoms with van der Waals surface area (Å²) in [5.74, 6) is 0.616. The lowest BCUT2D eigenvalue weighted by molar-refractivity contribution is 0.0601. The molecule has 2 heterocycles. The fraction of sp³-hybridized carbons (Fsp3) is 0.267. The summed E-state index contributed by atoms with van der Waals surface area (Å²) in [6.45, 7) is 2.61. The van der Waals surface area contributed by atoms with E-state index >= 15 is 0 Å². The van der Waals surface area contributed by atoms with E-state index in [1.807, 2.05) is 35.4 Å². The first-order valence-electron chi connectivity index (χ1n) is 6.60. The van der Waals surface area contributed by atoms with Crippen LogP contribution in [0.5, 0.6) is 0 Å². The van der Waals surface area contributed by atoms with Crippen molar-refractivity contribution in [3.63, 3.8) is 0 Å². The summed E-state index contributed by atoms with van der Waals surface area (Å²) < 4.78 is 8.80. The van der Waals surface area contributed by atoms with Crippen LogP contribution in [0.3, 0.4) is 0 Å². The lowest BCUT2D eigenvalue weighted by Crippen LogP contribution is -2.05. The van der Waals surface area contributed by atoms with E-state index in [-0.39, 0.29) is 5.97 Å². The SMILES string of the molecule is COC(=O)c1ccc2ncn(Cc3cnc(C)n3C)c2c1. The third kappa shape index (κ3) is 2.29. The van der Waals surface area contributed by atoms with Gasteiger partial charge in [-0.25, -0.2) is 14.8 Å². The minimum atomic E-state index is -0.346. The molecule has 0 N–H and O–H groups in total. The Morgan fingerprint density at radius 2 is 2.14 bits per heavy atom. The number of aryl methyl sites for hydroxylation is 1. The molecule has 3 aromatic rings. The molecule has 0 radical (unpaired) electrons. The third-order valence-corrected chi connectivity index (χ3v) is 3.69. The number of hydrogen-bond acceptors (Lipinski definition) is 4. The zero-order valence-electron chi connectivity index (χ0n) is 12.2. The van der Waals surface area contributed by atoms with E-state index in [0.29, 0.717) is 12.1 Å². The maximum atomic E-state index is 11.6. The molecular formula is C15H16N4O2. The van der Waals surface area contributed by atoms with E-state index in [9.17, 15) is 4.79 Å². The van der Waals surface area contributed by atoms with Gasteiger partial charge in [-0.3, -0.25) is 0 Å². The topological polar surface area (TPSA) is 61.9 Å². The first-order chi connectivity index (χ1) is 10.1. The molecule has 0 aliphatic rings. The Morgan fingerprint density at radius 3 is 2.81 bits per heavy atom. The number of hydrogen-bond donors (Lipinski definition) is 0. The molecule has 0 saturated heterocycles. The van der Waals surface area contributed by atoms with Gasteiger partial charge in [0.15, 0.2) is 0 Å². The van der Waals surface area contributed by atoms with Crippen LogP contribution in [-0.2, 0) is 18.3 Å². The number of methoxy groups -OCH3 is 1. The molecule has 3 rings (SSSR count). The van der Waals surface area contributed by atoms with Crippen LogP contribution in [0.15, 0.2) is 30.7 Å². The summed E-state index contributed by atoms with van der Waals surface area (Å²) in [6.07, 6.45) is 3.62. The van der Waals surface area contributed by atoms with Crippen molar-refractivity contribution >= 4 is 17.0 Å². The number of esters is 1. The minimum absolute atomic E-state index is 0.346. The van der Waals surface area contributed by atoms with Gasteiger partial charge in [-0.15, -0.1) is 0 Å². The number of imidazole rings is 2. The lowest BCUT2D eigenvalue weighted by Gasteiger charge is -2.07. The van der Waals surface area contributed by atoms with Crippen molar-refractivity contribution in [2.45, 2.75) is 13.5 Å². The van der Waals surface area contributed by atoms with E-state index in [1.54, 1.807) is 18.5 Å². The second kappa shape index (κ2) is 5.05. The average molecular weight is 284 g/mol. The van der Waals surface area contributed by atoms with E-state index in [2.05, 4.69) is 9.97 Å². The van der Waals surface area contributed by atoms with Crippen LogP contribution in [0.2, 0.25) is 0 Å². The molecule has 0 bridgehead atoms. The molecule has 0 unspecified atom stereocenters. The highest BCUT2D eigenvalue weighted by Crippen LogP contribution is 2.17. The fourth-order valence-electron chi connectivity index (χ4n) is 2.30. The molecular weight excluding hydrogens is 268 g/mol. The van der Waals surface area contributed by atoms with Crippen molar-refractivity contribution < 1.29 is 9.53 Å². The van der Waals surface area contributed by atoms with Crippen LogP contribution in [0.25, 0.3) is 11.0 Å². The maximum absolute atomic E-state index is 11.6. The molecule has 0 fully saturated rings. The van der Waals surface area contributed by atoms with Crippen molar-refractivity contribution in [1.29, 1.82) is 0 Å². The number of carbonyl (C=O) groups is 1. The van der Waals surface area contributed by atoms with Crippen LogP contribution in [0.4, 0.5) is 0 Å². The second-order valence-corrected chi connectivity index (χ2v) is 4.92. The summed E-state index contributed by atoms with van der Waals surface area (Å²) in [5.41, 5.74) is 3.35. The minimum Gasteiger partial charge on any atom is -0.465 e. The Bertz CT molecular complexity index is 816. The molecule has 0 aliphatic heterocycles. The van der Waals surface area contributed by atoms with Gasteiger partial charge in [0, 0.05) is 7.05 Å². The molecule has 0 saturated carbocycles. The molecule has 0 aliphatic carbocycles. The molecule has 0 spiro atoms. The first-order valence-corrected chi connectivity index (χ1v) is 6.60. The fourth-order valence-corrected chi connectivity index (χ4v) is 2.30. The summed E-state index contributed by atoms with van der Waals surface area (Å²) in [5, 5.41) is 0. The molecule has 0 atom stereocenters. The van der Waals surface area contributed by atoms with E-state index < -0.39 is 0 Å². The quantitative estimate of drug-likeness (QED) is 0.689. The van der Waals surface area contributed by atoms with Crippen LogP contribution in [0, 0.1) is 6.92 Å². The summed E-state index contributed by atoms with van der Waals surface area (Å²) >= 11 is 0. The number of benzene rings is 1. The Labute approximate surface area is 122 Å². The van der Waals surface area contributed by atoms with Gasteiger partial charge in [-0.2, -0.15) is 0 Å². The normalized spacial score (nSPS) is 11.0. The van der Waals surface area contributed by atoms with Gasteiger partial charge >= 0.3 is 5.97 Å². The Morgan fingerprint density at radius 1 is 1.33 bits per heavy atom. The summed E-state index contributed by atoms with van der Waals surface area (Å²) in [7, 11) is 3.36. The standard InChI is InChI=1S/C15H16N4O2/c1-10-16-7-12(18(10)2)8-19-9-17-13-5-4-11(6-14(13)19)15(20)21-3/h4-7,9H,8H2,1-3H3. The van der Waals surface area contributed by atoms with Gasteiger partial charge < -0.3 is 13.9 Å². The molecule has 21 heavy (non-hydrogen) atoms. The van der Waals surface area contributed by atoms with Gasteiger partial charge in [0.2, 0.25) is 0 Å². The number of carbonyl (C=O) groups excluding carboxylic acids is 1. The summed E-state index contributed by atoms with van der Waals surface area (Å²) in [6, 6.07) is 5.35. The maximum Gasteiger partial charge on any atom is 0.337 e. The lowest BCUT2D eigenvalue weighted by atomic mass is 10.2. The van der Waals surface area contributed by atoms with E-state index in [1.165, 1.54) is 7.11 Å². The Kier molecular flexibility index (Phi) is 3.21. The van der Waals surface area contributed by atoms with Crippen LogP contribution >= 0.6 is 0 Å². The first kappa shape index (κ1) is 13.4. The van der Waals surface area contributed by atoms with Crippen molar-refractivity contribution in [3.8, 4) is 0 Å². The molecule has 6 heteroatoms. The molecule has 6 nitrogen and oxygen atoms in total. The highest BCUT2D eigenvalue weighted by Gasteiger charge is 2.11. The Hall–Kier alpha value is -2.63. The second-order valence-electron chi connectivity index (χ2n) is 4.92. The summed E-state index contributed by atoms with van der Waals surface area (Å²) in [4.78, 5) is 20.3. The number of nitrogens with zero attached hydrogens (tertiary/aromatic N) is 4. The van der Waals surface area contributed by atoms with Crippen molar-refractivity contribution in [2.75, 3.05) is 7.11 Å². The van der Waals surface area contributed by atoms with Crippen LogP contribution in [-0.4, -0.2) is 32.2 Å². The van der Waals surface area contributed by atoms with E-state index in [4.69, 9.17) is 4.74 Å². The molecule has 1 aromatic carbocycles. The van der Waals surface area contributed by atoms with Gasteiger partial charge in [-0.05, 0) is 25.1 Å². The van der Waals surface area contributed by atoms with Crippen LogP contribution < -0.4 is 0 Å². The smallest absolute Gasteiger partial charge is 0.337 e. The predicted molar refractivity (Wildman–Crippen MR) is 78.1 cm³/mol. The zero-order chi connectivity index (χ0) is 15.0. The number of rotatable bonds is 3.